The number of benzene rings is 4. The van der Waals surface area contributed by atoms with Gasteiger partial charge in [-0.3, -0.25) is 19.3 Å². The number of nitrogens with zero attached hydrogens (tertiary/aromatic N) is 3. The molecule has 0 saturated carbocycles. The number of para-hydroxylation sites is 1. The third-order valence-electron chi connectivity index (χ3n) is 10.9. The minimum atomic E-state index is -3.01. The van der Waals surface area contributed by atoms with Gasteiger partial charge in [-0.1, -0.05) is 83.5 Å². The molecule has 7 rings (SSSR count). The summed E-state index contributed by atoms with van der Waals surface area (Å²) in [5.41, 5.74) is 4.22. The average molecular weight is 783 g/mol. The van der Waals surface area contributed by atoms with Gasteiger partial charge in [0, 0.05) is 46.7 Å². The van der Waals surface area contributed by atoms with E-state index in [-0.39, 0.29) is 43.8 Å². The third kappa shape index (κ3) is 6.53. The van der Waals surface area contributed by atoms with Crippen molar-refractivity contribution in [3.63, 3.8) is 0 Å². The van der Waals surface area contributed by atoms with E-state index < -0.39 is 31.5 Å². The monoisotopic (exact) mass is 781 g/mol. The van der Waals surface area contributed by atoms with Gasteiger partial charge >= 0.3 is 0 Å². The molecule has 1 saturated heterocycles. The highest BCUT2D eigenvalue weighted by molar-refractivity contribution is 9.10. The summed E-state index contributed by atoms with van der Waals surface area (Å²) in [6.07, 6.45) is 0.419. The second-order valence-corrected chi connectivity index (χ2v) is 19.6. The van der Waals surface area contributed by atoms with Crippen molar-refractivity contribution in [1.82, 2.24) is 4.90 Å². The van der Waals surface area contributed by atoms with Crippen LogP contribution in [-0.2, 0) is 44.2 Å². The van der Waals surface area contributed by atoms with Gasteiger partial charge in [0.05, 0.1) is 37.1 Å². The van der Waals surface area contributed by atoms with Crippen molar-refractivity contribution in [1.29, 1.82) is 0 Å². The number of aryl methyl sites for hydroxylation is 1. The number of amides is 3. The molecule has 9 nitrogen and oxygen atoms in total. The van der Waals surface area contributed by atoms with Crippen LogP contribution in [0, 0.1) is 5.92 Å². The Balaban J connectivity index is 1.18. The zero-order chi connectivity index (χ0) is 36.8. The normalized spacial score (nSPS) is 22.5. The first-order valence-corrected chi connectivity index (χ1v) is 21.7. The lowest BCUT2D eigenvalue weighted by molar-refractivity contribution is -0.150. The molecule has 4 atom stereocenters. The van der Waals surface area contributed by atoms with E-state index >= 15 is 0 Å². The van der Waals surface area contributed by atoms with Crippen LogP contribution in [0.4, 0.5) is 17.1 Å². The highest BCUT2D eigenvalue weighted by Gasteiger charge is 2.66. The molecule has 270 valence electrons. The first kappa shape index (κ1) is 36.2. The van der Waals surface area contributed by atoms with Gasteiger partial charge in [0.1, 0.15) is 0 Å². The number of halogens is 1. The molecule has 1 fully saturated rings. The lowest BCUT2D eigenvalue weighted by Gasteiger charge is -2.32. The maximum absolute atomic E-state index is 14.9. The van der Waals surface area contributed by atoms with E-state index in [1.54, 1.807) is 14.7 Å². The van der Waals surface area contributed by atoms with E-state index in [1.165, 1.54) is 0 Å². The zero-order valence-electron chi connectivity index (χ0n) is 29.7. The smallest absolute Gasteiger partial charge is 0.264 e. The molecule has 4 aromatic rings. The molecule has 0 unspecified atom stereocenters. The summed E-state index contributed by atoms with van der Waals surface area (Å²) in [5.74, 6) is -0.822. The predicted molar refractivity (Wildman–Crippen MR) is 206 cm³/mol. The number of carbonyl (C=O) groups is 3. The van der Waals surface area contributed by atoms with Gasteiger partial charge in [0.2, 0.25) is 11.8 Å². The number of hydrogen-bond donors (Lipinski definition) is 2. The van der Waals surface area contributed by atoms with Crippen LogP contribution in [-0.4, -0.2) is 60.1 Å². The van der Waals surface area contributed by atoms with Gasteiger partial charge in [-0.15, -0.1) is 0 Å². The summed E-state index contributed by atoms with van der Waals surface area (Å²) in [7, 11) is -3.01. The van der Waals surface area contributed by atoms with Gasteiger partial charge in [0.25, 0.3) is 5.91 Å². The van der Waals surface area contributed by atoms with E-state index in [0.29, 0.717) is 18.5 Å². The molecule has 3 aliphatic rings. The molecule has 0 aromatic heterocycles. The maximum atomic E-state index is 14.9. The standard InChI is InChI=1S/C41H44BrN3O6Si/c1-27-39(52(2,3)50)36(24-38(48)43(21-22-46)25-28-9-5-4-6-10-28)51-41(27)33-23-31(42)16-19-35(33)44(40(41)49)26-29-13-17-32(18-14-29)45-34-12-8-7-11-30(34)15-20-37(45)47/h4-14,16-19,23,27,36,39,46,50H,15,20-22,24-26H2,1-3H3/t27-,36+,39-,41+/m1/s1. The van der Waals surface area contributed by atoms with Crippen molar-refractivity contribution < 1.29 is 29.0 Å². The Labute approximate surface area is 314 Å². The minimum Gasteiger partial charge on any atom is -0.432 e. The van der Waals surface area contributed by atoms with E-state index in [1.807, 2.05) is 111 Å². The van der Waals surface area contributed by atoms with Gasteiger partial charge in [-0.2, -0.15) is 0 Å². The third-order valence-corrected chi connectivity index (χ3v) is 13.9. The zero-order valence-corrected chi connectivity index (χ0v) is 32.3. The number of rotatable bonds is 10. The van der Waals surface area contributed by atoms with Crippen LogP contribution in [0.3, 0.4) is 0 Å². The van der Waals surface area contributed by atoms with Crippen LogP contribution in [0.5, 0.6) is 0 Å². The second kappa shape index (κ2) is 14.4. The molecule has 0 aliphatic carbocycles. The Bertz CT molecular complexity index is 1990. The van der Waals surface area contributed by atoms with E-state index in [2.05, 4.69) is 22.0 Å². The summed E-state index contributed by atoms with van der Waals surface area (Å²) in [4.78, 5) is 58.8. The maximum Gasteiger partial charge on any atom is 0.264 e. The Morgan fingerprint density at radius 2 is 1.65 bits per heavy atom. The fourth-order valence-electron chi connectivity index (χ4n) is 8.57. The topological polar surface area (TPSA) is 111 Å². The van der Waals surface area contributed by atoms with E-state index in [4.69, 9.17) is 4.74 Å². The number of aliphatic hydroxyl groups excluding tert-OH is 1. The van der Waals surface area contributed by atoms with Crippen LogP contribution < -0.4 is 9.80 Å². The summed E-state index contributed by atoms with van der Waals surface area (Å²) in [6.45, 7) is 6.22. The molecular weight excluding hydrogens is 738 g/mol. The first-order valence-electron chi connectivity index (χ1n) is 17.9. The molecular formula is C41H44BrN3O6Si. The number of hydrogen-bond acceptors (Lipinski definition) is 6. The van der Waals surface area contributed by atoms with E-state index in [0.717, 1.165) is 44.6 Å². The molecule has 2 N–H and O–H groups in total. The van der Waals surface area contributed by atoms with Crippen LogP contribution in [0.2, 0.25) is 18.6 Å². The lowest BCUT2D eigenvalue weighted by atomic mass is 9.82. The van der Waals surface area contributed by atoms with Crippen molar-refractivity contribution in [3.8, 4) is 0 Å². The number of fused-ring (bicyclic) bond motifs is 3. The largest absolute Gasteiger partial charge is 0.432 e. The summed E-state index contributed by atoms with van der Waals surface area (Å²) in [5, 5.41) is 9.84. The van der Waals surface area contributed by atoms with Crippen molar-refractivity contribution in [2.45, 2.75) is 69.6 Å². The highest BCUT2D eigenvalue weighted by Crippen LogP contribution is 2.60. The lowest BCUT2D eigenvalue weighted by Crippen LogP contribution is -2.46. The molecule has 4 aromatic carbocycles. The number of ether oxygens (including phenoxy) is 1. The molecule has 52 heavy (non-hydrogen) atoms. The first-order chi connectivity index (χ1) is 24.9. The Hall–Kier alpha value is -4.13. The molecule has 3 aliphatic heterocycles. The summed E-state index contributed by atoms with van der Waals surface area (Å²) < 4.78 is 7.72. The van der Waals surface area contributed by atoms with Crippen LogP contribution in [0.15, 0.2) is 102 Å². The fourth-order valence-corrected chi connectivity index (χ4v) is 11.5. The highest BCUT2D eigenvalue weighted by atomic mass is 79.9. The molecule has 0 bridgehead atoms. The SMILES string of the molecule is C[C@@H]1[C@@H]([Si](C)(C)O)[C@H](CC(=O)N(CCO)Cc2ccccc2)O[C@@]12C(=O)N(Cc1ccc(N3C(=O)CCc4ccccc43)cc1)c1ccc(Br)cc12. The molecule has 1 spiro atoms. The minimum absolute atomic E-state index is 0.0307. The molecule has 3 heterocycles. The summed E-state index contributed by atoms with van der Waals surface area (Å²) >= 11 is 3.62. The van der Waals surface area contributed by atoms with E-state index in [9.17, 15) is 24.3 Å². The van der Waals surface area contributed by atoms with Gasteiger partial charge in [-0.05, 0) is 72.6 Å². The Kier molecular flexibility index (Phi) is 10.0. The Morgan fingerprint density at radius 1 is 0.942 bits per heavy atom. The van der Waals surface area contributed by atoms with Crippen LogP contribution in [0.25, 0.3) is 0 Å². The Morgan fingerprint density at radius 3 is 2.37 bits per heavy atom. The number of carbonyl (C=O) groups excluding carboxylic acids is 3. The van der Waals surface area contributed by atoms with Crippen molar-refractivity contribution >= 4 is 59.0 Å². The van der Waals surface area contributed by atoms with Gasteiger partial charge in [-0.25, -0.2) is 0 Å². The van der Waals surface area contributed by atoms with Gasteiger partial charge < -0.3 is 24.4 Å². The number of anilines is 3. The quantitative estimate of drug-likeness (QED) is 0.171. The van der Waals surface area contributed by atoms with Crippen molar-refractivity contribution in [2.24, 2.45) is 5.92 Å². The van der Waals surface area contributed by atoms with Crippen LogP contribution in [0.1, 0.15) is 42.0 Å². The van der Waals surface area contributed by atoms with Crippen molar-refractivity contribution in [3.05, 3.63) is 124 Å². The number of aliphatic hydroxyl groups is 1. The van der Waals surface area contributed by atoms with Crippen molar-refractivity contribution in [2.75, 3.05) is 23.0 Å². The predicted octanol–water partition coefficient (Wildman–Crippen LogP) is 6.82. The van der Waals surface area contributed by atoms with Crippen LogP contribution >= 0.6 is 15.9 Å². The molecule has 0 radical (unpaired) electrons. The fraction of sp³-hybridized carbons (Fsp3) is 0.341. The second-order valence-electron chi connectivity index (χ2n) is 14.7. The summed E-state index contributed by atoms with van der Waals surface area (Å²) in [6, 6.07) is 31.1. The molecule has 3 amide bonds. The average Bonchev–Trinajstić information content (AvgIpc) is 3.54. The van der Waals surface area contributed by atoms with Gasteiger partial charge in [0.15, 0.2) is 13.9 Å². The molecule has 11 heteroatoms.